The second-order valence-electron chi connectivity index (χ2n) is 6.54. The first-order valence-corrected chi connectivity index (χ1v) is 8.23. The fourth-order valence-corrected chi connectivity index (χ4v) is 3.51. The summed E-state index contributed by atoms with van der Waals surface area (Å²) >= 11 is 0. The van der Waals surface area contributed by atoms with E-state index in [-0.39, 0.29) is 17.9 Å². The van der Waals surface area contributed by atoms with E-state index in [0.717, 1.165) is 17.0 Å². The summed E-state index contributed by atoms with van der Waals surface area (Å²) in [7, 11) is 0. The molecule has 2 aliphatic rings. The van der Waals surface area contributed by atoms with Crippen molar-refractivity contribution in [2.45, 2.75) is 38.0 Å². The van der Waals surface area contributed by atoms with Crippen molar-refractivity contribution in [2.24, 2.45) is 11.7 Å². The summed E-state index contributed by atoms with van der Waals surface area (Å²) in [5.41, 5.74) is 7.46. The average molecular weight is 328 g/mol. The van der Waals surface area contributed by atoms with Crippen LogP contribution in [0.3, 0.4) is 0 Å². The molecule has 1 aliphatic carbocycles. The molecule has 0 radical (unpaired) electrons. The molecule has 1 aliphatic heterocycles. The van der Waals surface area contributed by atoms with Crippen LogP contribution in [-0.4, -0.2) is 44.6 Å². The number of nitrogens with zero attached hydrogens (tertiary/aromatic N) is 3. The van der Waals surface area contributed by atoms with Gasteiger partial charge < -0.3 is 20.2 Å². The van der Waals surface area contributed by atoms with Crippen molar-refractivity contribution in [3.63, 3.8) is 0 Å². The highest BCUT2D eigenvalue weighted by molar-refractivity contribution is 5.79. The first kappa shape index (κ1) is 15.3. The first-order chi connectivity index (χ1) is 11.6. The third-order valence-corrected chi connectivity index (χ3v) is 4.87. The van der Waals surface area contributed by atoms with Gasteiger partial charge in [-0.2, -0.15) is 0 Å². The lowest BCUT2D eigenvalue weighted by Crippen LogP contribution is -2.39. The zero-order chi connectivity index (χ0) is 16.7. The van der Waals surface area contributed by atoms with E-state index in [1.807, 2.05) is 12.1 Å². The highest BCUT2D eigenvalue weighted by atomic mass is 16.4. The van der Waals surface area contributed by atoms with Gasteiger partial charge in [0.1, 0.15) is 11.5 Å². The predicted octanol–water partition coefficient (Wildman–Crippen LogP) is 0.719. The number of nitrogens with two attached hydrogens (primary N) is 1. The number of carbonyl (C=O) groups is 1. The lowest BCUT2D eigenvalue weighted by atomic mass is 10.0. The van der Waals surface area contributed by atoms with Crippen LogP contribution in [-0.2, 0) is 17.8 Å². The van der Waals surface area contributed by atoms with E-state index >= 15 is 0 Å². The molecule has 1 fully saturated rings. The van der Waals surface area contributed by atoms with Gasteiger partial charge >= 0.3 is 0 Å². The van der Waals surface area contributed by atoms with Gasteiger partial charge in [0.2, 0.25) is 11.8 Å². The second kappa shape index (κ2) is 5.99. The minimum atomic E-state index is -0.580. The van der Waals surface area contributed by atoms with Crippen LogP contribution in [0.15, 0.2) is 28.9 Å². The minimum absolute atomic E-state index is 0.0542. The van der Waals surface area contributed by atoms with Gasteiger partial charge in [-0.05, 0) is 25.0 Å². The van der Waals surface area contributed by atoms with Crippen molar-refractivity contribution < 1.29 is 14.3 Å². The number of fused-ring (bicyclic) bond motifs is 1. The fourth-order valence-electron chi connectivity index (χ4n) is 3.51. The molecule has 2 aromatic rings. The summed E-state index contributed by atoms with van der Waals surface area (Å²) in [5.74, 6) is 1.24. The molecule has 24 heavy (non-hydrogen) atoms. The van der Waals surface area contributed by atoms with Gasteiger partial charge in [0, 0.05) is 37.3 Å². The molecule has 1 amide bonds. The quantitative estimate of drug-likeness (QED) is 0.841. The van der Waals surface area contributed by atoms with E-state index in [9.17, 15) is 9.90 Å². The number of hydrogen-bond donors (Lipinski definition) is 2. The summed E-state index contributed by atoms with van der Waals surface area (Å²) in [4.78, 5) is 23.1. The van der Waals surface area contributed by atoms with Crippen molar-refractivity contribution >= 4 is 5.91 Å². The highest BCUT2D eigenvalue weighted by Gasteiger charge is 2.38. The van der Waals surface area contributed by atoms with Crippen LogP contribution >= 0.6 is 0 Å². The van der Waals surface area contributed by atoms with Crippen LogP contribution in [0.2, 0.25) is 0 Å². The summed E-state index contributed by atoms with van der Waals surface area (Å²) in [6, 6.07) is 3.43. The number of pyridine rings is 1. The van der Waals surface area contributed by atoms with Crippen LogP contribution in [0.1, 0.15) is 24.3 Å². The topological polar surface area (TPSA) is 105 Å². The second-order valence-corrected chi connectivity index (χ2v) is 6.54. The van der Waals surface area contributed by atoms with Crippen molar-refractivity contribution in [3.8, 4) is 11.5 Å². The number of amides is 1. The van der Waals surface area contributed by atoms with Crippen LogP contribution in [0, 0.1) is 5.92 Å². The average Bonchev–Trinajstić information content (AvgIpc) is 3.18. The highest BCUT2D eigenvalue weighted by Crippen LogP contribution is 2.30. The van der Waals surface area contributed by atoms with Gasteiger partial charge in [-0.3, -0.25) is 9.78 Å². The van der Waals surface area contributed by atoms with Gasteiger partial charge in [0.15, 0.2) is 0 Å². The molecule has 0 bridgehead atoms. The molecule has 0 aromatic carbocycles. The number of hydrogen-bond acceptors (Lipinski definition) is 6. The Hall–Kier alpha value is -2.25. The molecule has 2 aromatic heterocycles. The molecule has 1 saturated carbocycles. The monoisotopic (exact) mass is 328 g/mol. The summed E-state index contributed by atoms with van der Waals surface area (Å²) < 4.78 is 5.83. The molecule has 7 nitrogen and oxygen atoms in total. The van der Waals surface area contributed by atoms with E-state index in [1.165, 1.54) is 0 Å². The van der Waals surface area contributed by atoms with Crippen molar-refractivity contribution in [1.29, 1.82) is 0 Å². The molecular formula is C17H20N4O3. The molecule has 126 valence electrons. The molecular weight excluding hydrogens is 308 g/mol. The van der Waals surface area contributed by atoms with E-state index in [4.69, 9.17) is 10.2 Å². The van der Waals surface area contributed by atoms with Gasteiger partial charge in [-0.1, -0.05) is 0 Å². The Morgan fingerprint density at radius 3 is 3.00 bits per heavy atom. The van der Waals surface area contributed by atoms with Crippen LogP contribution < -0.4 is 5.73 Å². The van der Waals surface area contributed by atoms with Gasteiger partial charge in [0.25, 0.3) is 0 Å². The third-order valence-electron chi connectivity index (χ3n) is 4.87. The normalized spacial score (nSPS) is 26.4. The third kappa shape index (κ3) is 2.70. The Morgan fingerprint density at radius 2 is 2.29 bits per heavy atom. The zero-order valence-corrected chi connectivity index (χ0v) is 13.3. The zero-order valence-electron chi connectivity index (χ0n) is 13.3. The van der Waals surface area contributed by atoms with Crippen LogP contribution in [0.4, 0.5) is 0 Å². The Labute approximate surface area is 139 Å². The Bertz CT molecular complexity index is 736. The predicted molar refractivity (Wildman–Crippen MR) is 85.6 cm³/mol. The van der Waals surface area contributed by atoms with E-state index in [0.29, 0.717) is 38.2 Å². The van der Waals surface area contributed by atoms with Gasteiger partial charge in [-0.15, -0.1) is 0 Å². The van der Waals surface area contributed by atoms with E-state index in [2.05, 4.69) is 9.97 Å². The Balaban J connectivity index is 1.50. The van der Waals surface area contributed by atoms with Gasteiger partial charge in [-0.25, -0.2) is 4.98 Å². The summed E-state index contributed by atoms with van der Waals surface area (Å²) in [6.45, 7) is 1.05. The van der Waals surface area contributed by atoms with E-state index in [1.54, 1.807) is 17.3 Å². The largest absolute Gasteiger partial charge is 0.441 e. The Morgan fingerprint density at radius 1 is 1.42 bits per heavy atom. The molecule has 0 saturated heterocycles. The van der Waals surface area contributed by atoms with Gasteiger partial charge in [0.05, 0.1) is 18.2 Å². The summed E-state index contributed by atoms with van der Waals surface area (Å²) in [6.07, 6.45) is 4.47. The molecule has 7 heteroatoms. The lowest BCUT2D eigenvalue weighted by Gasteiger charge is -2.27. The molecule has 0 spiro atoms. The molecule has 3 atom stereocenters. The maximum atomic E-state index is 12.7. The van der Waals surface area contributed by atoms with Crippen molar-refractivity contribution in [3.05, 3.63) is 36.0 Å². The number of carbonyl (C=O) groups excluding carboxylic acids is 1. The smallest absolute Gasteiger partial charge is 0.228 e. The molecule has 0 unspecified atom stereocenters. The van der Waals surface area contributed by atoms with Crippen molar-refractivity contribution in [1.82, 2.24) is 14.9 Å². The van der Waals surface area contributed by atoms with Crippen LogP contribution in [0.5, 0.6) is 0 Å². The maximum Gasteiger partial charge on any atom is 0.228 e. The van der Waals surface area contributed by atoms with Crippen molar-refractivity contribution in [2.75, 3.05) is 6.54 Å². The standard InChI is InChI=1S/C17H20N4O3/c18-12-6-11(7-14(12)22)17(23)21-5-3-15-13(9-21)20-16(24-15)10-2-1-4-19-8-10/h1-2,4,8,11-12,14,22H,3,5-7,9,18H2/t11-,12+,14+/m0/s1. The number of aromatic nitrogens is 2. The number of aliphatic hydroxyl groups excluding tert-OH is 1. The van der Waals surface area contributed by atoms with E-state index < -0.39 is 6.10 Å². The number of rotatable bonds is 2. The SMILES string of the molecule is N[C@@H]1C[C@H](C(=O)N2CCc3oc(-c4cccnc4)nc3C2)C[C@H]1O. The number of aliphatic hydroxyl groups is 1. The summed E-state index contributed by atoms with van der Waals surface area (Å²) in [5, 5.41) is 9.77. The molecule has 3 heterocycles. The first-order valence-electron chi connectivity index (χ1n) is 8.23. The van der Waals surface area contributed by atoms with Crippen LogP contribution in [0.25, 0.3) is 11.5 Å². The maximum absolute atomic E-state index is 12.7. The number of oxazole rings is 1. The Kier molecular flexibility index (Phi) is 3.82. The molecule has 4 rings (SSSR count). The minimum Gasteiger partial charge on any atom is -0.441 e. The molecule has 3 N–H and O–H groups in total. The lowest BCUT2D eigenvalue weighted by molar-refractivity contribution is -0.136. The fraction of sp³-hybridized carbons (Fsp3) is 0.471.